The lowest BCUT2D eigenvalue weighted by Gasteiger charge is -2.26. The third-order valence-electron chi connectivity index (χ3n) is 4.50. The maximum atomic E-state index is 12.3. The van der Waals surface area contributed by atoms with Crippen molar-refractivity contribution < 1.29 is 4.79 Å². The molecule has 0 bridgehead atoms. The molecule has 1 aliphatic rings. The van der Waals surface area contributed by atoms with Crippen molar-refractivity contribution in [2.24, 2.45) is 5.92 Å². The lowest BCUT2D eigenvalue weighted by atomic mass is 9.89. The molecular formula is C16H23N5O. The van der Waals surface area contributed by atoms with Crippen molar-refractivity contribution in [3.05, 3.63) is 30.6 Å². The molecule has 1 fully saturated rings. The molecule has 1 amide bonds. The van der Waals surface area contributed by atoms with Crippen molar-refractivity contribution in [3.63, 3.8) is 0 Å². The number of carbonyl (C=O) groups excluding carboxylic acids is 1. The predicted octanol–water partition coefficient (Wildman–Crippen LogP) is 1.04. The number of aromatic nitrogens is 2. The van der Waals surface area contributed by atoms with Crippen LogP contribution >= 0.6 is 0 Å². The van der Waals surface area contributed by atoms with Gasteiger partial charge in [-0.3, -0.25) is 15.6 Å². The normalized spacial score (nSPS) is 26.2. The Kier molecular flexibility index (Phi) is 4.13. The maximum Gasteiger partial charge on any atom is 0.240 e. The van der Waals surface area contributed by atoms with Crippen LogP contribution < -0.4 is 16.2 Å². The highest BCUT2D eigenvalue weighted by Gasteiger charge is 2.34. The van der Waals surface area contributed by atoms with Crippen molar-refractivity contribution in [1.29, 1.82) is 0 Å². The Labute approximate surface area is 130 Å². The van der Waals surface area contributed by atoms with Crippen LogP contribution in [0.25, 0.3) is 11.0 Å². The first kappa shape index (κ1) is 15.0. The molecular weight excluding hydrogens is 278 g/mol. The second kappa shape index (κ2) is 6.06. The zero-order valence-electron chi connectivity index (χ0n) is 13.2. The van der Waals surface area contributed by atoms with E-state index in [-0.39, 0.29) is 11.9 Å². The van der Waals surface area contributed by atoms with Crippen molar-refractivity contribution in [2.45, 2.75) is 45.4 Å². The first-order valence-electron chi connectivity index (χ1n) is 7.76. The van der Waals surface area contributed by atoms with E-state index in [1.165, 1.54) is 0 Å². The molecule has 2 aromatic rings. The van der Waals surface area contributed by atoms with Crippen molar-refractivity contribution in [2.75, 3.05) is 0 Å². The Balaban J connectivity index is 1.65. The number of fused-ring (bicyclic) bond motifs is 1. The maximum absolute atomic E-state index is 12.3. The molecule has 0 aliphatic carbocycles. The Morgan fingerprint density at radius 1 is 1.32 bits per heavy atom. The fraction of sp³-hybridized carbons (Fsp3) is 0.500. The number of rotatable bonds is 4. The van der Waals surface area contributed by atoms with Gasteiger partial charge in [0.15, 0.2) is 0 Å². The molecule has 0 saturated carbocycles. The molecule has 118 valence electrons. The van der Waals surface area contributed by atoms with E-state index < -0.39 is 0 Å². The molecule has 3 atom stereocenters. The van der Waals surface area contributed by atoms with E-state index in [9.17, 15) is 4.79 Å². The zero-order chi connectivity index (χ0) is 15.7. The molecule has 1 saturated heterocycles. The average Bonchev–Trinajstić information content (AvgIpc) is 3.03. The summed E-state index contributed by atoms with van der Waals surface area (Å²) >= 11 is 0. The van der Waals surface area contributed by atoms with Gasteiger partial charge in [-0.25, -0.2) is 4.98 Å². The number of hydrazine groups is 1. The van der Waals surface area contributed by atoms with Crippen molar-refractivity contribution >= 4 is 16.9 Å². The number of nitrogens with zero attached hydrogens (tertiary/aromatic N) is 2. The number of amides is 1. The largest absolute Gasteiger partial charge is 0.352 e. The van der Waals surface area contributed by atoms with Crippen LogP contribution in [0.5, 0.6) is 0 Å². The molecule has 0 spiro atoms. The van der Waals surface area contributed by atoms with Gasteiger partial charge in [0.1, 0.15) is 6.54 Å². The molecule has 1 aromatic carbocycles. The smallest absolute Gasteiger partial charge is 0.240 e. The fourth-order valence-corrected chi connectivity index (χ4v) is 3.44. The van der Waals surface area contributed by atoms with Crippen LogP contribution in [0.3, 0.4) is 0 Å². The van der Waals surface area contributed by atoms with E-state index in [1.54, 1.807) is 6.33 Å². The molecule has 22 heavy (non-hydrogen) atoms. The number of nitrogens with one attached hydrogen (secondary N) is 3. The molecule has 1 aliphatic heterocycles. The summed E-state index contributed by atoms with van der Waals surface area (Å²) in [4.78, 5) is 16.6. The molecule has 3 unspecified atom stereocenters. The number of carbonyl (C=O) groups is 1. The van der Waals surface area contributed by atoms with Gasteiger partial charge in [-0.05, 0) is 32.9 Å². The van der Waals surface area contributed by atoms with E-state index in [0.717, 1.165) is 11.0 Å². The summed E-state index contributed by atoms with van der Waals surface area (Å²) in [6.45, 7) is 6.62. The molecule has 2 heterocycles. The summed E-state index contributed by atoms with van der Waals surface area (Å²) in [5.41, 5.74) is 8.35. The summed E-state index contributed by atoms with van der Waals surface area (Å²) in [6, 6.07) is 8.61. The van der Waals surface area contributed by atoms with Crippen molar-refractivity contribution in [3.8, 4) is 0 Å². The first-order valence-corrected chi connectivity index (χ1v) is 7.76. The van der Waals surface area contributed by atoms with E-state index >= 15 is 0 Å². The number of imidazole rings is 1. The topological polar surface area (TPSA) is 71.0 Å². The lowest BCUT2D eigenvalue weighted by molar-refractivity contribution is -0.122. The Bertz CT molecular complexity index is 657. The van der Waals surface area contributed by atoms with Gasteiger partial charge in [-0.2, -0.15) is 0 Å². The van der Waals surface area contributed by atoms with Crippen LogP contribution in [0, 0.1) is 5.92 Å². The molecule has 3 N–H and O–H groups in total. The summed E-state index contributed by atoms with van der Waals surface area (Å²) in [7, 11) is 0. The number of hydrogen-bond acceptors (Lipinski definition) is 4. The summed E-state index contributed by atoms with van der Waals surface area (Å²) in [6.07, 6.45) is 1.72. The predicted molar refractivity (Wildman–Crippen MR) is 86.0 cm³/mol. The summed E-state index contributed by atoms with van der Waals surface area (Å²) in [5, 5.41) is 3.12. The quantitative estimate of drug-likeness (QED) is 0.789. The molecule has 0 radical (unpaired) electrons. The van der Waals surface area contributed by atoms with Crippen LogP contribution in [0.1, 0.15) is 20.8 Å². The minimum absolute atomic E-state index is 0.0157. The number of hydrogen-bond donors (Lipinski definition) is 3. The monoisotopic (exact) mass is 301 g/mol. The van der Waals surface area contributed by atoms with Crippen LogP contribution in [0.15, 0.2) is 30.6 Å². The minimum atomic E-state index is 0.0157. The first-order chi connectivity index (χ1) is 10.6. The third-order valence-corrected chi connectivity index (χ3v) is 4.50. The van der Waals surface area contributed by atoms with Crippen LogP contribution in [0.4, 0.5) is 0 Å². The van der Waals surface area contributed by atoms with E-state index in [2.05, 4.69) is 41.9 Å². The lowest BCUT2D eigenvalue weighted by Crippen LogP contribution is -2.45. The fourth-order valence-electron chi connectivity index (χ4n) is 3.44. The van der Waals surface area contributed by atoms with Gasteiger partial charge in [0.25, 0.3) is 0 Å². The minimum Gasteiger partial charge on any atom is -0.352 e. The number of para-hydroxylation sites is 2. The summed E-state index contributed by atoms with van der Waals surface area (Å²) in [5.74, 6) is 0.380. The average molecular weight is 301 g/mol. The third kappa shape index (κ3) is 2.84. The van der Waals surface area contributed by atoms with Crippen molar-refractivity contribution in [1.82, 2.24) is 25.7 Å². The molecule has 6 heteroatoms. The Morgan fingerprint density at radius 2 is 2.00 bits per heavy atom. The second-order valence-electron chi connectivity index (χ2n) is 6.16. The highest BCUT2D eigenvalue weighted by Crippen LogP contribution is 2.18. The van der Waals surface area contributed by atoms with Gasteiger partial charge < -0.3 is 9.88 Å². The van der Waals surface area contributed by atoms with E-state index in [1.807, 2.05) is 28.8 Å². The van der Waals surface area contributed by atoms with E-state index in [0.29, 0.717) is 24.5 Å². The second-order valence-corrected chi connectivity index (χ2v) is 6.16. The van der Waals surface area contributed by atoms with Gasteiger partial charge in [-0.1, -0.05) is 12.1 Å². The Morgan fingerprint density at radius 3 is 2.73 bits per heavy atom. The molecule has 3 rings (SSSR count). The van der Waals surface area contributed by atoms with Gasteiger partial charge in [0.2, 0.25) is 5.91 Å². The van der Waals surface area contributed by atoms with Gasteiger partial charge >= 0.3 is 0 Å². The van der Waals surface area contributed by atoms with Crippen LogP contribution in [-0.2, 0) is 11.3 Å². The molecule has 1 aromatic heterocycles. The highest BCUT2D eigenvalue weighted by molar-refractivity contribution is 5.80. The van der Waals surface area contributed by atoms with Crippen LogP contribution in [0.2, 0.25) is 0 Å². The summed E-state index contributed by atoms with van der Waals surface area (Å²) < 4.78 is 1.88. The number of benzene rings is 1. The SMILES string of the molecule is CC1NNC(C)C1C(C)NC(=O)Cn1cnc2ccccc21. The Hall–Kier alpha value is -1.92. The van der Waals surface area contributed by atoms with Crippen LogP contribution in [-0.4, -0.2) is 33.6 Å². The highest BCUT2D eigenvalue weighted by atomic mass is 16.2. The van der Waals surface area contributed by atoms with Gasteiger partial charge in [0.05, 0.1) is 17.4 Å². The van der Waals surface area contributed by atoms with Gasteiger partial charge in [-0.15, -0.1) is 0 Å². The van der Waals surface area contributed by atoms with E-state index in [4.69, 9.17) is 0 Å². The van der Waals surface area contributed by atoms with Gasteiger partial charge in [0, 0.05) is 24.0 Å². The standard InChI is InChI=1S/C16H23N5O/c1-10(16-11(2)19-20-12(16)3)18-15(22)8-21-9-17-13-6-4-5-7-14(13)21/h4-7,9-12,16,19-20H,8H2,1-3H3,(H,18,22). The zero-order valence-corrected chi connectivity index (χ0v) is 13.2. The molecule has 6 nitrogen and oxygen atoms in total.